The second-order valence-corrected chi connectivity index (χ2v) is 20.9. The molecule has 1 atom stereocenters. The molecule has 0 bridgehead atoms. The van der Waals surface area contributed by atoms with Gasteiger partial charge in [-0.1, -0.05) is 281 Å². The van der Waals surface area contributed by atoms with Gasteiger partial charge in [0.2, 0.25) is 0 Å². The standard InChI is InChI=1S/C75H118O6/c1-4-7-10-13-16-19-22-25-28-31-33-34-35-36-37-38-39-40-42-44-47-50-53-56-59-62-65-68-74(77)80-71-72(70-79-73(76)67-64-61-58-55-52-49-46-43-30-27-24-21-18-15-12-9-6-3)81-75(78)69-66-63-60-57-54-51-48-45-41-32-29-26-23-20-17-14-11-8-5-2/h7-12,16-21,25-30,33-34,41,45-46,49,51,54,60,63,72H,4-6,13-15,22-24,31-32,35-40,42-44,47-48,50,52-53,55-59,61-62,64-71H2,1-3H3/b10-7-,11-8-,12-9-,19-16-,20-17-,21-18-,28-25-,29-26-,30-27-,34-33-,45-41-,49-46-,54-51-,63-60-. The highest BCUT2D eigenvalue weighted by Gasteiger charge is 2.19. The van der Waals surface area contributed by atoms with Gasteiger partial charge in [0, 0.05) is 19.3 Å². The largest absolute Gasteiger partial charge is 0.462 e. The quantitative estimate of drug-likeness (QED) is 0.0261. The van der Waals surface area contributed by atoms with E-state index in [2.05, 4.69) is 179 Å². The molecule has 0 aromatic heterocycles. The van der Waals surface area contributed by atoms with Crippen LogP contribution in [0.25, 0.3) is 0 Å². The number of esters is 3. The Labute approximate surface area is 498 Å². The minimum Gasteiger partial charge on any atom is -0.462 e. The topological polar surface area (TPSA) is 78.9 Å². The fraction of sp³-hybridized carbons (Fsp3) is 0.587. The zero-order chi connectivity index (χ0) is 58.5. The lowest BCUT2D eigenvalue weighted by Crippen LogP contribution is -2.30. The summed E-state index contributed by atoms with van der Waals surface area (Å²) in [6.45, 7) is 6.22. The van der Waals surface area contributed by atoms with Crippen molar-refractivity contribution >= 4 is 17.9 Å². The molecule has 454 valence electrons. The van der Waals surface area contributed by atoms with E-state index in [9.17, 15) is 14.4 Å². The van der Waals surface area contributed by atoms with Gasteiger partial charge >= 0.3 is 17.9 Å². The fourth-order valence-electron chi connectivity index (χ4n) is 8.45. The molecule has 6 heteroatoms. The summed E-state index contributed by atoms with van der Waals surface area (Å²) >= 11 is 0. The Morgan fingerprint density at radius 3 is 0.741 bits per heavy atom. The van der Waals surface area contributed by atoms with Crippen molar-refractivity contribution in [1.29, 1.82) is 0 Å². The number of ether oxygens (including phenoxy) is 3. The first-order chi connectivity index (χ1) is 40.0. The van der Waals surface area contributed by atoms with Gasteiger partial charge in [-0.05, 0) is 135 Å². The third-order valence-corrected chi connectivity index (χ3v) is 13.2. The first-order valence-corrected chi connectivity index (χ1v) is 32.6. The Kier molecular flexibility index (Phi) is 62.9. The van der Waals surface area contributed by atoms with Crippen molar-refractivity contribution in [3.63, 3.8) is 0 Å². The van der Waals surface area contributed by atoms with Crippen molar-refractivity contribution in [2.45, 2.75) is 271 Å². The third-order valence-electron chi connectivity index (χ3n) is 13.2. The third kappa shape index (κ3) is 65.5. The molecule has 0 aliphatic heterocycles. The van der Waals surface area contributed by atoms with Crippen LogP contribution in [0.5, 0.6) is 0 Å². The SMILES string of the molecule is CC/C=C\C/C=C\C/C=C\C/C=C\C/C=C\C/C=C\CCC(=O)OC(COC(=O)CCCCCC/C=C\C/C=C\C/C=C\C/C=C\CC)COC(=O)CCCCCCCCCCCCCCCC/C=C\C/C=C\C/C=C\C/C=C\CC. The first kappa shape index (κ1) is 75.8. The molecule has 0 aliphatic rings. The molecule has 0 spiro atoms. The number of hydrogen-bond donors (Lipinski definition) is 0. The van der Waals surface area contributed by atoms with Crippen molar-refractivity contribution in [1.82, 2.24) is 0 Å². The Morgan fingerprint density at radius 2 is 0.469 bits per heavy atom. The maximum Gasteiger partial charge on any atom is 0.306 e. The Morgan fingerprint density at radius 1 is 0.247 bits per heavy atom. The molecule has 0 saturated carbocycles. The lowest BCUT2D eigenvalue weighted by molar-refractivity contribution is -0.166. The van der Waals surface area contributed by atoms with Gasteiger partial charge in [-0.3, -0.25) is 14.4 Å². The predicted octanol–water partition coefficient (Wildman–Crippen LogP) is 22.7. The molecule has 0 amide bonds. The fourth-order valence-corrected chi connectivity index (χ4v) is 8.45. The van der Waals surface area contributed by atoms with Crippen LogP contribution in [0.1, 0.15) is 265 Å². The van der Waals surface area contributed by atoms with Crippen molar-refractivity contribution in [3.8, 4) is 0 Å². The summed E-state index contributed by atoms with van der Waals surface area (Å²) in [5.74, 6) is -1.04. The van der Waals surface area contributed by atoms with Crippen LogP contribution in [0.4, 0.5) is 0 Å². The van der Waals surface area contributed by atoms with E-state index in [-0.39, 0.29) is 31.6 Å². The number of unbranched alkanes of at least 4 members (excludes halogenated alkanes) is 18. The molecule has 0 N–H and O–H groups in total. The van der Waals surface area contributed by atoms with Crippen molar-refractivity contribution in [3.05, 3.63) is 170 Å². The first-order valence-electron chi connectivity index (χ1n) is 32.6. The van der Waals surface area contributed by atoms with Crippen LogP contribution in [0, 0.1) is 0 Å². The highest BCUT2D eigenvalue weighted by molar-refractivity contribution is 5.71. The number of rotatable bonds is 57. The van der Waals surface area contributed by atoms with Crippen molar-refractivity contribution in [2.75, 3.05) is 13.2 Å². The average molecular weight is 1120 g/mol. The maximum atomic E-state index is 12.9. The lowest BCUT2D eigenvalue weighted by Gasteiger charge is -2.18. The molecule has 0 saturated heterocycles. The van der Waals surface area contributed by atoms with Gasteiger partial charge in [-0.2, -0.15) is 0 Å². The number of carbonyl (C=O) groups excluding carboxylic acids is 3. The van der Waals surface area contributed by atoms with Crippen LogP contribution in [0.3, 0.4) is 0 Å². The van der Waals surface area contributed by atoms with Gasteiger partial charge in [-0.25, -0.2) is 0 Å². The summed E-state index contributed by atoms with van der Waals surface area (Å²) in [5.41, 5.74) is 0. The summed E-state index contributed by atoms with van der Waals surface area (Å²) in [4.78, 5) is 38.3. The van der Waals surface area contributed by atoms with Gasteiger partial charge in [0.05, 0.1) is 0 Å². The molecule has 1 unspecified atom stereocenters. The minimum atomic E-state index is -0.839. The molecule has 6 nitrogen and oxygen atoms in total. The molecular weight excluding hydrogens is 997 g/mol. The van der Waals surface area contributed by atoms with Gasteiger partial charge in [0.15, 0.2) is 6.10 Å². The summed E-state index contributed by atoms with van der Waals surface area (Å²) in [6.07, 6.45) is 99.5. The molecule has 0 radical (unpaired) electrons. The smallest absolute Gasteiger partial charge is 0.306 e. The van der Waals surface area contributed by atoms with Crippen LogP contribution < -0.4 is 0 Å². The molecule has 0 heterocycles. The molecule has 0 aromatic carbocycles. The van der Waals surface area contributed by atoms with Crippen molar-refractivity contribution in [2.24, 2.45) is 0 Å². The average Bonchev–Trinajstić information content (AvgIpc) is 3.47. The maximum absolute atomic E-state index is 12.9. The number of allylic oxidation sites excluding steroid dienone is 28. The molecule has 0 fully saturated rings. The zero-order valence-corrected chi connectivity index (χ0v) is 52.0. The van der Waals surface area contributed by atoms with Crippen LogP contribution in [-0.4, -0.2) is 37.2 Å². The molecule has 81 heavy (non-hydrogen) atoms. The van der Waals surface area contributed by atoms with Gasteiger partial charge in [0.25, 0.3) is 0 Å². The number of hydrogen-bond acceptors (Lipinski definition) is 6. The number of carbonyl (C=O) groups is 3. The molecule has 0 aliphatic carbocycles. The van der Waals surface area contributed by atoms with Gasteiger partial charge in [0.1, 0.15) is 13.2 Å². The molecule has 0 aromatic rings. The van der Waals surface area contributed by atoms with Crippen LogP contribution >= 0.6 is 0 Å². The zero-order valence-electron chi connectivity index (χ0n) is 52.0. The second-order valence-electron chi connectivity index (χ2n) is 20.9. The van der Waals surface area contributed by atoms with E-state index in [0.717, 1.165) is 141 Å². The summed E-state index contributed by atoms with van der Waals surface area (Å²) < 4.78 is 16.8. The van der Waals surface area contributed by atoms with E-state index in [4.69, 9.17) is 14.2 Å². The van der Waals surface area contributed by atoms with E-state index in [0.29, 0.717) is 19.3 Å². The van der Waals surface area contributed by atoms with Crippen LogP contribution in [-0.2, 0) is 28.6 Å². The molecular formula is C75H118O6. The summed E-state index contributed by atoms with van der Waals surface area (Å²) in [6, 6.07) is 0. The predicted molar refractivity (Wildman–Crippen MR) is 352 cm³/mol. The van der Waals surface area contributed by atoms with E-state index >= 15 is 0 Å². The van der Waals surface area contributed by atoms with E-state index < -0.39 is 12.1 Å². The monoisotopic (exact) mass is 1110 g/mol. The highest BCUT2D eigenvalue weighted by Crippen LogP contribution is 2.15. The summed E-state index contributed by atoms with van der Waals surface area (Å²) in [7, 11) is 0. The van der Waals surface area contributed by atoms with Crippen LogP contribution in [0.15, 0.2) is 170 Å². The summed E-state index contributed by atoms with van der Waals surface area (Å²) in [5, 5.41) is 0. The van der Waals surface area contributed by atoms with Gasteiger partial charge in [-0.15, -0.1) is 0 Å². The highest BCUT2D eigenvalue weighted by atomic mass is 16.6. The second kappa shape index (κ2) is 67.3. The lowest BCUT2D eigenvalue weighted by atomic mass is 10.0. The van der Waals surface area contributed by atoms with E-state index in [1.165, 1.54) is 77.0 Å². The minimum absolute atomic E-state index is 0.123. The van der Waals surface area contributed by atoms with E-state index in [1.807, 2.05) is 12.2 Å². The Hall–Kier alpha value is -5.23. The van der Waals surface area contributed by atoms with Crippen LogP contribution in [0.2, 0.25) is 0 Å². The molecule has 0 rings (SSSR count). The normalized spacial score (nSPS) is 13.3. The Balaban J connectivity index is 4.47. The van der Waals surface area contributed by atoms with Gasteiger partial charge < -0.3 is 14.2 Å². The van der Waals surface area contributed by atoms with E-state index in [1.54, 1.807) is 0 Å². The van der Waals surface area contributed by atoms with Crippen molar-refractivity contribution < 1.29 is 28.6 Å². The Bertz CT molecular complexity index is 1860.